The van der Waals surface area contributed by atoms with Crippen molar-refractivity contribution in [2.45, 2.75) is 19.3 Å². The number of hydrogen-bond acceptors (Lipinski definition) is 4. The summed E-state index contributed by atoms with van der Waals surface area (Å²) in [6, 6.07) is 7.32. The summed E-state index contributed by atoms with van der Waals surface area (Å²) in [4.78, 5) is 24.6. The molecule has 3 amide bonds. The molecule has 0 atom stereocenters. The highest BCUT2D eigenvalue weighted by atomic mass is 16.5. The average molecular weight is 320 g/mol. The number of benzene rings is 1. The monoisotopic (exact) mass is 320 g/mol. The summed E-state index contributed by atoms with van der Waals surface area (Å²) < 4.78 is 5.34. The van der Waals surface area contributed by atoms with Crippen LogP contribution in [0.5, 0.6) is 0 Å². The van der Waals surface area contributed by atoms with Gasteiger partial charge in [0, 0.05) is 37.4 Å². The lowest BCUT2D eigenvalue weighted by molar-refractivity contribution is -0.116. The largest absolute Gasteiger partial charge is 0.378 e. The summed E-state index contributed by atoms with van der Waals surface area (Å²) in [7, 11) is 0. The van der Waals surface area contributed by atoms with E-state index in [1.165, 1.54) is 0 Å². The first kappa shape index (κ1) is 17.1. The number of rotatable bonds is 7. The van der Waals surface area contributed by atoms with Gasteiger partial charge in [-0.3, -0.25) is 4.79 Å². The Morgan fingerprint density at radius 2 is 1.83 bits per heavy atom. The quantitative estimate of drug-likeness (QED) is 0.660. The van der Waals surface area contributed by atoms with Gasteiger partial charge in [0.15, 0.2) is 0 Å². The summed E-state index contributed by atoms with van der Waals surface area (Å²) in [6.45, 7) is 3.79. The fraction of sp³-hybridized carbons (Fsp3) is 0.500. The molecule has 0 aromatic heterocycles. The van der Waals surface area contributed by atoms with Gasteiger partial charge in [0.25, 0.3) is 0 Å². The highest BCUT2D eigenvalue weighted by Crippen LogP contribution is 2.19. The Hall–Kier alpha value is -2.28. The maximum absolute atomic E-state index is 11.8. The molecule has 0 radical (unpaired) electrons. The third-order valence-electron chi connectivity index (χ3n) is 3.66. The van der Waals surface area contributed by atoms with Gasteiger partial charge in [-0.2, -0.15) is 0 Å². The lowest BCUT2D eigenvalue weighted by atomic mass is 10.2. The number of urea groups is 1. The van der Waals surface area contributed by atoms with Crippen LogP contribution in [0.1, 0.15) is 19.3 Å². The van der Waals surface area contributed by atoms with E-state index in [4.69, 9.17) is 10.5 Å². The second kappa shape index (κ2) is 8.99. The lowest BCUT2D eigenvalue weighted by Crippen LogP contribution is -2.36. The molecule has 0 spiro atoms. The van der Waals surface area contributed by atoms with Crippen LogP contribution in [0.3, 0.4) is 0 Å². The number of anilines is 2. The number of amides is 3. The van der Waals surface area contributed by atoms with Crippen LogP contribution in [0.25, 0.3) is 0 Å². The number of primary amides is 1. The van der Waals surface area contributed by atoms with Crippen molar-refractivity contribution < 1.29 is 14.3 Å². The van der Waals surface area contributed by atoms with E-state index in [1.54, 1.807) is 0 Å². The van der Waals surface area contributed by atoms with Gasteiger partial charge in [-0.05, 0) is 37.1 Å². The van der Waals surface area contributed by atoms with E-state index in [0.717, 1.165) is 44.1 Å². The Morgan fingerprint density at radius 1 is 1.13 bits per heavy atom. The molecule has 0 bridgehead atoms. The Bertz CT molecular complexity index is 513. The van der Waals surface area contributed by atoms with Crippen molar-refractivity contribution in [3.8, 4) is 0 Å². The minimum absolute atomic E-state index is 0.0248. The second-order valence-corrected chi connectivity index (χ2v) is 5.44. The first-order valence-corrected chi connectivity index (χ1v) is 7.91. The zero-order valence-electron chi connectivity index (χ0n) is 13.2. The number of unbranched alkanes of at least 4 members (excludes halogenated alkanes) is 1. The predicted octanol–water partition coefficient (Wildman–Crippen LogP) is 1.30. The molecule has 7 nitrogen and oxygen atoms in total. The first-order chi connectivity index (χ1) is 11.1. The van der Waals surface area contributed by atoms with Gasteiger partial charge >= 0.3 is 6.03 Å². The number of ether oxygens (including phenoxy) is 1. The maximum Gasteiger partial charge on any atom is 0.312 e. The van der Waals surface area contributed by atoms with Crippen LogP contribution in [0, 0.1) is 0 Å². The molecule has 7 heteroatoms. The molecule has 0 aliphatic carbocycles. The van der Waals surface area contributed by atoms with Crippen molar-refractivity contribution >= 4 is 23.3 Å². The number of carbonyl (C=O) groups excluding carboxylic acids is 2. The molecular weight excluding hydrogens is 296 g/mol. The van der Waals surface area contributed by atoms with Gasteiger partial charge in [0.2, 0.25) is 5.91 Å². The van der Waals surface area contributed by atoms with Crippen LogP contribution < -0.4 is 21.3 Å². The number of hydrogen-bond donors (Lipinski definition) is 3. The normalized spacial score (nSPS) is 14.3. The second-order valence-electron chi connectivity index (χ2n) is 5.44. The van der Waals surface area contributed by atoms with Gasteiger partial charge in [0.1, 0.15) is 0 Å². The highest BCUT2D eigenvalue weighted by molar-refractivity contribution is 5.90. The fourth-order valence-electron chi connectivity index (χ4n) is 2.42. The minimum Gasteiger partial charge on any atom is -0.378 e. The van der Waals surface area contributed by atoms with Crippen molar-refractivity contribution in [3.05, 3.63) is 24.3 Å². The maximum atomic E-state index is 11.8. The molecule has 23 heavy (non-hydrogen) atoms. The van der Waals surface area contributed by atoms with E-state index >= 15 is 0 Å². The van der Waals surface area contributed by atoms with E-state index < -0.39 is 6.03 Å². The molecule has 1 aliphatic heterocycles. The summed E-state index contributed by atoms with van der Waals surface area (Å²) in [5, 5.41) is 5.38. The van der Waals surface area contributed by atoms with Gasteiger partial charge in [-0.25, -0.2) is 4.79 Å². The summed E-state index contributed by atoms with van der Waals surface area (Å²) in [5.41, 5.74) is 6.90. The van der Waals surface area contributed by atoms with Crippen molar-refractivity contribution in [1.29, 1.82) is 0 Å². The van der Waals surface area contributed by atoms with Gasteiger partial charge in [-0.1, -0.05) is 0 Å². The summed E-state index contributed by atoms with van der Waals surface area (Å²) in [6.07, 6.45) is 1.86. The van der Waals surface area contributed by atoms with E-state index in [1.807, 2.05) is 24.3 Å². The van der Waals surface area contributed by atoms with Crippen LogP contribution in [0.2, 0.25) is 0 Å². The number of morpholine rings is 1. The molecule has 126 valence electrons. The number of nitrogens with one attached hydrogen (secondary N) is 2. The predicted molar refractivity (Wildman–Crippen MR) is 89.5 cm³/mol. The lowest BCUT2D eigenvalue weighted by Gasteiger charge is -2.28. The van der Waals surface area contributed by atoms with Crippen molar-refractivity contribution in [2.75, 3.05) is 43.1 Å². The number of carbonyl (C=O) groups is 2. The van der Waals surface area contributed by atoms with Crippen LogP contribution in [-0.4, -0.2) is 44.8 Å². The number of nitrogens with two attached hydrogens (primary N) is 1. The van der Waals surface area contributed by atoms with Crippen molar-refractivity contribution in [2.24, 2.45) is 5.73 Å². The number of nitrogens with zero attached hydrogens (tertiary/aromatic N) is 1. The summed E-state index contributed by atoms with van der Waals surface area (Å²) >= 11 is 0. The van der Waals surface area contributed by atoms with Gasteiger partial charge in [0.05, 0.1) is 13.2 Å². The Kier molecular flexibility index (Phi) is 6.68. The molecule has 1 aliphatic rings. The molecule has 1 aromatic carbocycles. The zero-order chi connectivity index (χ0) is 16.5. The molecule has 1 saturated heterocycles. The summed E-state index contributed by atoms with van der Waals surface area (Å²) in [5.74, 6) is -0.0248. The molecular formula is C16H24N4O3. The van der Waals surface area contributed by atoms with Crippen LogP contribution in [0.15, 0.2) is 24.3 Å². The topological polar surface area (TPSA) is 96.7 Å². The standard InChI is InChI=1S/C16H24N4O3/c17-16(22)18-8-2-1-3-15(21)19-13-4-6-14(7-5-13)20-9-11-23-12-10-20/h4-7H,1-3,8-12H2,(H,19,21)(H3,17,18,22). The Labute approximate surface area is 136 Å². The highest BCUT2D eigenvalue weighted by Gasteiger charge is 2.11. The first-order valence-electron chi connectivity index (χ1n) is 7.91. The van der Waals surface area contributed by atoms with E-state index in [0.29, 0.717) is 19.4 Å². The molecule has 1 fully saturated rings. The van der Waals surface area contributed by atoms with Crippen molar-refractivity contribution in [1.82, 2.24) is 5.32 Å². The zero-order valence-corrected chi connectivity index (χ0v) is 13.2. The fourth-order valence-corrected chi connectivity index (χ4v) is 2.42. The molecule has 1 heterocycles. The van der Waals surface area contributed by atoms with Crippen LogP contribution in [-0.2, 0) is 9.53 Å². The van der Waals surface area contributed by atoms with Gasteiger partial charge in [-0.15, -0.1) is 0 Å². The van der Waals surface area contributed by atoms with Crippen LogP contribution in [0.4, 0.5) is 16.2 Å². The third-order valence-corrected chi connectivity index (χ3v) is 3.66. The smallest absolute Gasteiger partial charge is 0.312 e. The SMILES string of the molecule is NC(=O)NCCCCC(=O)Nc1ccc(N2CCOCC2)cc1. The van der Waals surface area contributed by atoms with Gasteiger partial charge < -0.3 is 26.0 Å². The molecule has 2 rings (SSSR count). The van der Waals surface area contributed by atoms with E-state index in [2.05, 4.69) is 15.5 Å². The van der Waals surface area contributed by atoms with E-state index in [9.17, 15) is 9.59 Å². The average Bonchev–Trinajstić information content (AvgIpc) is 2.56. The van der Waals surface area contributed by atoms with Crippen molar-refractivity contribution in [3.63, 3.8) is 0 Å². The van der Waals surface area contributed by atoms with Crippen LogP contribution >= 0.6 is 0 Å². The molecule has 1 aromatic rings. The minimum atomic E-state index is -0.533. The molecule has 4 N–H and O–H groups in total. The molecule has 0 saturated carbocycles. The Balaban J connectivity index is 1.70. The third kappa shape index (κ3) is 6.15. The molecule has 0 unspecified atom stereocenters. The van der Waals surface area contributed by atoms with E-state index in [-0.39, 0.29) is 5.91 Å². The Morgan fingerprint density at radius 3 is 2.48 bits per heavy atom.